The van der Waals surface area contributed by atoms with E-state index in [1.807, 2.05) is 7.05 Å². The topological polar surface area (TPSA) is 36.4 Å². The number of nitrogens with one attached hydrogen (secondary N) is 2. The van der Waals surface area contributed by atoms with Crippen molar-refractivity contribution in [2.75, 3.05) is 25.9 Å². The molecule has 1 saturated heterocycles. The molecule has 5 heteroatoms. The fourth-order valence-corrected chi connectivity index (χ4v) is 3.58. The summed E-state index contributed by atoms with van der Waals surface area (Å²) in [5, 5.41) is 7.66. The molecule has 0 aromatic heterocycles. The van der Waals surface area contributed by atoms with Gasteiger partial charge in [-0.15, -0.1) is 24.0 Å². The second-order valence-corrected chi connectivity index (χ2v) is 7.27. The Labute approximate surface area is 132 Å². The van der Waals surface area contributed by atoms with Crippen LogP contribution in [0.15, 0.2) is 4.99 Å². The second kappa shape index (κ2) is 7.22. The van der Waals surface area contributed by atoms with E-state index in [9.17, 15) is 0 Å². The molecule has 18 heavy (non-hydrogen) atoms. The first-order valence-corrected chi connectivity index (χ1v) is 7.73. The van der Waals surface area contributed by atoms with Gasteiger partial charge in [0, 0.05) is 25.4 Å². The zero-order valence-corrected chi connectivity index (χ0v) is 14.8. The summed E-state index contributed by atoms with van der Waals surface area (Å²) in [5.41, 5.74) is 0.549. The molecule has 0 aromatic carbocycles. The Morgan fingerprint density at radius 1 is 1.33 bits per heavy atom. The monoisotopic (exact) mass is 383 g/mol. The molecule has 0 bridgehead atoms. The highest BCUT2D eigenvalue weighted by Gasteiger charge is 2.45. The Kier molecular flexibility index (Phi) is 6.58. The van der Waals surface area contributed by atoms with Gasteiger partial charge in [-0.2, -0.15) is 11.8 Å². The van der Waals surface area contributed by atoms with E-state index < -0.39 is 0 Å². The van der Waals surface area contributed by atoms with Crippen molar-refractivity contribution >= 4 is 41.7 Å². The third-order valence-corrected chi connectivity index (χ3v) is 5.38. The number of rotatable bonds is 4. The van der Waals surface area contributed by atoms with Crippen molar-refractivity contribution in [2.24, 2.45) is 16.3 Å². The molecule has 0 spiro atoms. The van der Waals surface area contributed by atoms with Crippen LogP contribution in [0.5, 0.6) is 0 Å². The summed E-state index contributed by atoms with van der Waals surface area (Å²) in [6.45, 7) is 6.79. The van der Waals surface area contributed by atoms with Gasteiger partial charge < -0.3 is 10.6 Å². The molecule has 1 heterocycles. The Hall–Kier alpha value is 0.350. The number of hydrogen-bond donors (Lipinski definition) is 2. The van der Waals surface area contributed by atoms with E-state index in [0.717, 1.165) is 30.2 Å². The predicted molar refractivity (Wildman–Crippen MR) is 92.1 cm³/mol. The first kappa shape index (κ1) is 16.4. The van der Waals surface area contributed by atoms with Crippen molar-refractivity contribution in [3.8, 4) is 0 Å². The Balaban J connectivity index is 0.00000162. The zero-order valence-electron chi connectivity index (χ0n) is 11.7. The molecule has 1 aliphatic heterocycles. The highest BCUT2D eigenvalue weighted by atomic mass is 127. The predicted octanol–water partition coefficient (Wildman–Crippen LogP) is 2.71. The molecule has 2 N–H and O–H groups in total. The molecule has 1 saturated carbocycles. The maximum Gasteiger partial charge on any atom is 0.191 e. The summed E-state index contributed by atoms with van der Waals surface area (Å²) in [6.07, 6.45) is 4.07. The van der Waals surface area contributed by atoms with Crippen LogP contribution in [0.25, 0.3) is 0 Å². The summed E-state index contributed by atoms with van der Waals surface area (Å²) in [4.78, 5) is 4.28. The van der Waals surface area contributed by atoms with Crippen LogP contribution >= 0.6 is 35.7 Å². The minimum Gasteiger partial charge on any atom is -0.356 e. The van der Waals surface area contributed by atoms with Crippen molar-refractivity contribution in [1.82, 2.24) is 10.6 Å². The minimum absolute atomic E-state index is 0. The molecule has 0 amide bonds. The van der Waals surface area contributed by atoms with Crippen LogP contribution in [0.1, 0.15) is 33.1 Å². The Bertz CT molecular complexity index is 277. The standard InChI is InChI=1S/C13H25N3S.HI/c1-13(2)7-10(13)8-15-12(14-3)16-9-11-5-4-6-17-11;/h10-11H,4-9H2,1-3H3,(H2,14,15,16);1H. The van der Waals surface area contributed by atoms with E-state index in [2.05, 4.69) is 41.2 Å². The van der Waals surface area contributed by atoms with E-state index in [-0.39, 0.29) is 24.0 Å². The van der Waals surface area contributed by atoms with Crippen LogP contribution in [0.3, 0.4) is 0 Å². The molecule has 0 aromatic rings. The van der Waals surface area contributed by atoms with Gasteiger partial charge in [0.15, 0.2) is 5.96 Å². The largest absolute Gasteiger partial charge is 0.356 e. The van der Waals surface area contributed by atoms with Crippen LogP contribution in [0, 0.1) is 11.3 Å². The van der Waals surface area contributed by atoms with E-state index in [1.165, 1.54) is 25.0 Å². The Morgan fingerprint density at radius 3 is 2.50 bits per heavy atom. The third-order valence-electron chi connectivity index (χ3n) is 3.98. The number of aliphatic imine (C=N–C) groups is 1. The molecule has 1 aliphatic carbocycles. The summed E-state index contributed by atoms with van der Waals surface area (Å²) in [6, 6.07) is 0. The van der Waals surface area contributed by atoms with E-state index >= 15 is 0 Å². The average molecular weight is 383 g/mol. The summed E-state index contributed by atoms with van der Waals surface area (Å²) >= 11 is 2.09. The fourth-order valence-electron chi connectivity index (χ4n) is 2.38. The molecule has 2 fully saturated rings. The van der Waals surface area contributed by atoms with Crippen LogP contribution in [-0.2, 0) is 0 Å². The number of nitrogens with zero attached hydrogens (tertiary/aromatic N) is 1. The van der Waals surface area contributed by atoms with Crippen molar-refractivity contribution in [2.45, 2.75) is 38.4 Å². The fraction of sp³-hybridized carbons (Fsp3) is 0.923. The molecule has 2 atom stereocenters. The lowest BCUT2D eigenvalue weighted by molar-refractivity contribution is 0.548. The van der Waals surface area contributed by atoms with Crippen LogP contribution in [-0.4, -0.2) is 37.1 Å². The molecule has 2 rings (SSSR count). The molecule has 106 valence electrons. The SMILES string of the molecule is CN=C(NCC1CCCS1)NCC1CC1(C)C.I. The highest BCUT2D eigenvalue weighted by Crippen LogP contribution is 2.50. The Morgan fingerprint density at radius 2 is 2.00 bits per heavy atom. The molecule has 2 aliphatic rings. The number of thioether (sulfide) groups is 1. The maximum atomic E-state index is 4.28. The molecular weight excluding hydrogens is 357 g/mol. The van der Waals surface area contributed by atoms with Crippen molar-refractivity contribution in [3.05, 3.63) is 0 Å². The number of hydrogen-bond acceptors (Lipinski definition) is 2. The van der Waals surface area contributed by atoms with E-state index in [0.29, 0.717) is 5.41 Å². The minimum atomic E-state index is 0. The smallest absolute Gasteiger partial charge is 0.191 e. The first-order chi connectivity index (χ1) is 8.12. The van der Waals surface area contributed by atoms with Gasteiger partial charge in [-0.3, -0.25) is 4.99 Å². The van der Waals surface area contributed by atoms with Gasteiger partial charge in [-0.25, -0.2) is 0 Å². The van der Waals surface area contributed by atoms with Gasteiger partial charge >= 0.3 is 0 Å². The van der Waals surface area contributed by atoms with Crippen LogP contribution in [0.2, 0.25) is 0 Å². The maximum absolute atomic E-state index is 4.28. The zero-order chi connectivity index (χ0) is 12.3. The third kappa shape index (κ3) is 4.79. The summed E-state index contributed by atoms with van der Waals surface area (Å²) in [5.74, 6) is 3.12. The van der Waals surface area contributed by atoms with Gasteiger partial charge in [-0.05, 0) is 36.3 Å². The van der Waals surface area contributed by atoms with Gasteiger partial charge in [0.25, 0.3) is 0 Å². The summed E-state index contributed by atoms with van der Waals surface area (Å²) in [7, 11) is 1.86. The second-order valence-electron chi connectivity index (χ2n) is 5.86. The number of guanidine groups is 1. The van der Waals surface area contributed by atoms with Gasteiger partial charge in [0.05, 0.1) is 0 Å². The summed E-state index contributed by atoms with van der Waals surface area (Å²) < 4.78 is 0. The van der Waals surface area contributed by atoms with Crippen molar-refractivity contribution < 1.29 is 0 Å². The van der Waals surface area contributed by atoms with E-state index in [1.54, 1.807) is 0 Å². The quantitative estimate of drug-likeness (QED) is 0.445. The molecule has 3 nitrogen and oxygen atoms in total. The van der Waals surface area contributed by atoms with Gasteiger partial charge in [0.2, 0.25) is 0 Å². The van der Waals surface area contributed by atoms with Gasteiger partial charge in [0.1, 0.15) is 0 Å². The lowest BCUT2D eigenvalue weighted by Crippen LogP contribution is -2.41. The van der Waals surface area contributed by atoms with Crippen LogP contribution in [0.4, 0.5) is 0 Å². The first-order valence-electron chi connectivity index (χ1n) is 6.68. The normalized spacial score (nSPS) is 29.6. The van der Waals surface area contributed by atoms with E-state index in [4.69, 9.17) is 0 Å². The average Bonchev–Trinajstić information content (AvgIpc) is 2.72. The highest BCUT2D eigenvalue weighted by molar-refractivity contribution is 14.0. The molecular formula is C13H26IN3S. The van der Waals surface area contributed by atoms with Crippen molar-refractivity contribution in [1.29, 1.82) is 0 Å². The van der Waals surface area contributed by atoms with Gasteiger partial charge in [-0.1, -0.05) is 13.8 Å². The van der Waals surface area contributed by atoms with Crippen molar-refractivity contribution in [3.63, 3.8) is 0 Å². The molecule has 2 unspecified atom stereocenters. The molecule has 0 radical (unpaired) electrons. The number of halogens is 1. The lowest BCUT2D eigenvalue weighted by Gasteiger charge is -2.15. The van der Waals surface area contributed by atoms with Crippen LogP contribution < -0.4 is 10.6 Å². The lowest BCUT2D eigenvalue weighted by atomic mass is 10.1.